The van der Waals surface area contributed by atoms with Crippen molar-refractivity contribution in [2.24, 2.45) is 7.05 Å². The molecule has 118 valence electrons. The van der Waals surface area contributed by atoms with E-state index >= 15 is 0 Å². The molecule has 2 aromatic heterocycles. The average Bonchev–Trinajstić information content (AvgIpc) is 3.26. The Labute approximate surface area is 138 Å². The largest absolute Gasteiger partial charge is 0.478 e. The van der Waals surface area contributed by atoms with Crippen LogP contribution in [-0.4, -0.2) is 20.6 Å². The van der Waals surface area contributed by atoms with Crippen LogP contribution in [0.1, 0.15) is 47.5 Å². The van der Waals surface area contributed by atoms with Crippen LogP contribution in [0.5, 0.6) is 0 Å². The maximum atomic E-state index is 11.3. The van der Waals surface area contributed by atoms with E-state index in [1.54, 1.807) is 23.5 Å². The van der Waals surface area contributed by atoms with Crippen LogP contribution in [0.15, 0.2) is 29.1 Å². The van der Waals surface area contributed by atoms with Crippen molar-refractivity contribution >= 4 is 28.2 Å². The van der Waals surface area contributed by atoms with Gasteiger partial charge in [0.1, 0.15) is 0 Å². The summed E-state index contributed by atoms with van der Waals surface area (Å²) >= 11 is 1.59. The molecule has 1 aliphatic rings. The zero-order valence-electron chi connectivity index (χ0n) is 13.0. The SMILES string of the molecule is Cn1c(-c2cscn2)c(C2CCCC2)c2ccc(C(=O)O)cc21. The van der Waals surface area contributed by atoms with Gasteiger partial charge in [0.05, 0.1) is 22.5 Å². The van der Waals surface area contributed by atoms with Gasteiger partial charge in [0.25, 0.3) is 0 Å². The average molecular weight is 326 g/mol. The first kappa shape index (κ1) is 14.5. The van der Waals surface area contributed by atoms with Crippen LogP contribution in [0.3, 0.4) is 0 Å². The van der Waals surface area contributed by atoms with Crippen molar-refractivity contribution in [1.29, 1.82) is 0 Å². The van der Waals surface area contributed by atoms with Crippen LogP contribution < -0.4 is 0 Å². The number of aromatic nitrogens is 2. The van der Waals surface area contributed by atoms with E-state index in [-0.39, 0.29) is 0 Å². The summed E-state index contributed by atoms with van der Waals surface area (Å²) in [5, 5.41) is 12.5. The third-order valence-corrected chi connectivity index (χ3v) is 5.51. The Morgan fingerprint density at radius 2 is 2.13 bits per heavy atom. The second kappa shape index (κ2) is 5.49. The number of carboxylic acid groups (broad SMARTS) is 1. The Kier molecular flexibility index (Phi) is 3.45. The van der Waals surface area contributed by atoms with Crippen molar-refractivity contribution in [3.8, 4) is 11.4 Å². The number of carbonyl (C=O) groups is 1. The van der Waals surface area contributed by atoms with E-state index in [0.717, 1.165) is 16.9 Å². The van der Waals surface area contributed by atoms with Gasteiger partial charge in [-0.1, -0.05) is 18.9 Å². The normalized spacial score (nSPS) is 15.5. The summed E-state index contributed by atoms with van der Waals surface area (Å²) in [5.41, 5.74) is 6.66. The molecule has 0 unspecified atom stereocenters. The zero-order valence-corrected chi connectivity index (χ0v) is 13.8. The summed E-state index contributed by atoms with van der Waals surface area (Å²) in [7, 11) is 2.01. The van der Waals surface area contributed by atoms with E-state index in [1.807, 2.05) is 18.6 Å². The molecule has 1 aromatic carbocycles. The van der Waals surface area contributed by atoms with Crippen LogP contribution >= 0.6 is 11.3 Å². The molecule has 1 N–H and O–H groups in total. The van der Waals surface area contributed by atoms with E-state index < -0.39 is 5.97 Å². The molecular formula is C18H18N2O2S. The molecule has 23 heavy (non-hydrogen) atoms. The van der Waals surface area contributed by atoms with Crippen molar-refractivity contribution in [3.05, 3.63) is 40.2 Å². The van der Waals surface area contributed by atoms with Crippen LogP contribution in [-0.2, 0) is 7.05 Å². The van der Waals surface area contributed by atoms with Crippen molar-refractivity contribution < 1.29 is 9.90 Å². The number of carboxylic acids is 1. The fourth-order valence-electron chi connectivity index (χ4n) is 3.87. The molecule has 4 nitrogen and oxygen atoms in total. The zero-order chi connectivity index (χ0) is 16.0. The minimum Gasteiger partial charge on any atom is -0.478 e. The van der Waals surface area contributed by atoms with Gasteiger partial charge >= 0.3 is 5.97 Å². The molecule has 0 bridgehead atoms. The van der Waals surface area contributed by atoms with Crippen molar-refractivity contribution in [3.63, 3.8) is 0 Å². The highest BCUT2D eigenvalue weighted by Gasteiger charge is 2.27. The van der Waals surface area contributed by atoms with Crippen LogP contribution in [0, 0.1) is 0 Å². The molecule has 0 atom stereocenters. The number of rotatable bonds is 3. The van der Waals surface area contributed by atoms with Gasteiger partial charge in [0.15, 0.2) is 0 Å². The molecule has 4 rings (SSSR count). The van der Waals surface area contributed by atoms with Crippen LogP contribution in [0.2, 0.25) is 0 Å². The highest BCUT2D eigenvalue weighted by atomic mass is 32.1. The minimum atomic E-state index is -0.884. The second-order valence-corrected chi connectivity index (χ2v) is 6.93. The van der Waals surface area contributed by atoms with Gasteiger partial charge in [0, 0.05) is 23.3 Å². The predicted octanol–water partition coefficient (Wildman–Crippen LogP) is 4.66. The monoisotopic (exact) mass is 326 g/mol. The maximum Gasteiger partial charge on any atom is 0.335 e. The highest BCUT2D eigenvalue weighted by molar-refractivity contribution is 7.07. The number of hydrogen-bond acceptors (Lipinski definition) is 3. The number of benzene rings is 1. The fourth-order valence-corrected chi connectivity index (χ4v) is 4.40. The molecule has 0 aliphatic heterocycles. The lowest BCUT2D eigenvalue weighted by Crippen LogP contribution is -1.98. The second-order valence-electron chi connectivity index (χ2n) is 6.21. The van der Waals surface area contributed by atoms with E-state index in [9.17, 15) is 9.90 Å². The van der Waals surface area contributed by atoms with E-state index in [4.69, 9.17) is 0 Å². The topological polar surface area (TPSA) is 55.1 Å². The predicted molar refractivity (Wildman–Crippen MR) is 92.2 cm³/mol. The van der Waals surface area contributed by atoms with Gasteiger partial charge in [0.2, 0.25) is 0 Å². The van der Waals surface area contributed by atoms with Gasteiger partial charge < -0.3 is 9.67 Å². The Morgan fingerprint density at radius 3 is 2.78 bits per heavy atom. The molecule has 0 radical (unpaired) electrons. The summed E-state index contributed by atoms with van der Waals surface area (Å²) in [6.07, 6.45) is 4.95. The number of hydrogen-bond donors (Lipinski definition) is 1. The summed E-state index contributed by atoms with van der Waals surface area (Å²) in [6.45, 7) is 0. The lowest BCUT2D eigenvalue weighted by Gasteiger charge is -2.12. The standard InChI is InChI=1S/C18H18N2O2S/c1-20-15-8-12(18(21)22)6-7-13(15)16(11-4-2-3-5-11)17(20)14-9-23-10-19-14/h6-11H,2-5H2,1H3,(H,21,22). The van der Waals surface area contributed by atoms with Crippen LogP contribution in [0.4, 0.5) is 0 Å². The molecule has 1 aliphatic carbocycles. The molecule has 0 amide bonds. The number of thiazole rings is 1. The number of nitrogens with zero attached hydrogens (tertiary/aromatic N) is 2. The van der Waals surface area contributed by atoms with Crippen molar-refractivity contribution in [1.82, 2.24) is 9.55 Å². The van der Waals surface area contributed by atoms with Crippen LogP contribution in [0.25, 0.3) is 22.3 Å². The summed E-state index contributed by atoms with van der Waals surface area (Å²) in [4.78, 5) is 15.8. The minimum absolute atomic E-state index is 0.334. The Hall–Kier alpha value is -2.14. The van der Waals surface area contributed by atoms with E-state index in [1.165, 1.54) is 36.6 Å². The van der Waals surface area contributed by atoms with Crippen molar-refractivity contribution in [2.75, 3.05) is 0 Å². The quantitative estimate of drug-likeness (QED) is 0.761. The molecule has 2 heterocycles. The number of fused-ring (bicyclic) bond motifs is 1. The molecular weight excluding hydrogens is 308 g/mol. The third-order valence-electron chi connectivity index (χ3n) is 4.93. The molecule has 0 spiro atoms. The molecule has 3 aromatic rings. The fraction of sp³-hybridized carbons (Fsp3) is 0.333. The Balaban J connectivity index is 2.03. The first-order valence-corrected chi connectivity index (χ1v) is 8.85. The molecule has 1 fully saturated rings. The van der Waals surface area contributed by atoms with Gasteiger partial charge in [-0.05, 0) is 36.5 Å². The van der Waals surface area contributed by atoms with E-state index in [2.05, 4.69) is 14.9 Å². The molecule has 5 heteroatoms. The van der Waals surface area contributed by atoms with Gasteiger partial charge in [-0.3, -0.25) is 0 Å². The lowest BCUT2D eigenvalue weighted by atomic mass is 9.93. The first-order valence-electron chi connectivity index (χ1n) is 7.91. The molecule has 0 saturated heterocycles. The summed E-state index contributed by atoms with van der Waals surface area (Å²) in [5.74, 6) is -0.336. The highest BCUT2D eigenvalue weighted by Crippen LogP contribution is 2.44. The Bertz CT molecular complexity index is 874. The maximum absolute atomic E-state index is 11.3. The van der Waals surface area contributed by atoms with Gasteiger partial charge in [-0.15, -0.1) is 11.3 Å². The first-order chi connectivity index (χ1) is 11.2. The summed E-state index contributed by atoms with van der Waals surface area (Å²) in [6, 6.07) is 5.47. The Morgan fingerprint density at radius 1 is 1.35 bits per heavy atom. The number of aryl methyl sites for hydroxylation is 1. The molecule has 1 saturated carbocycles. The number of aromatic carboxylic acids is 1. The van der Waals surface area contributed by atoms with Gasteiger partial charge in [-0.25, -0.2) is 9.78 Å². The third kappa shape index (κ3) is 2.27. The smallest absolute Gasteiger partial charge is 0.335 e. The lowest BCUT2D eigenvalue weighted by molar-refractivity contribution is 0.0697. The summed E-state index contributed by atoms with van der Waals surface area (Å²) < 4.78 is 2.12. The van der Waals surface area contributed by atoms with Gasteiger partial charge in [-0.2, -0.15) is 0 Å². The van der Waals surface area contributed by atoms with Crippen molar-refractivity contribution in [2.45, 2.75) is 31.6 Å². The van der Waals surface area contributed by atoms with E-state index in [0.29, 0.717) is 11.5 Å².